The molecule has 0 radical (unpaired) electrons. The summed E-state index contributed by atoms with van der Waals surface area (Å²) in [6, 6.07) is 1.97. The van der Waals surface area contributed by atoms with Crippen molar-refractivity contribution in [2.45, 2.75) is 26.9 Å². The monoisotopic (exact) mass is 336 g/mol. The Morgan fingerprint density at radius 3 is 2.20 bits per heavy atom. The Morgan fingerprint density at radius 2 is 1.73 bits per heavy atom. The number of hydrogen-bond donors (Lipinski definition) is 0. The highest BCUT2D eigenvalue weighted by Crippen LogP contribution is 2.42. The molecule has 0 spiro atoms. The Morgan fingerprint density at radius 1 is 1.13 bits per heavy atom. The van der Waals surface area contributed by atoms with Gasteiger partial charge in [-0.15, -0.1) is 0 Å². The van der Waals surface area contributed by atoms with Crippen LogP contribution in [0.3, 0.4) is 0 Å². The molecular formula is C11H14Br2O2. The quantitative estimate of drug-likeness (QED) is 0.818. The lowest BCUT2D eigenvalue weighted by atomic mass is 10.2. The van der Waals surface area contributed by atoms with Gasteiger partial charge < -0.3 is 9.47 Å². The summed E-state index contributed by atoms with van der Waals surface area (Å²) in [5.41, 5.74) is 1.04. The third kappa shape index (κ3) is 2.88. The summed E-state index contributed by atoms with van der Waals surface area (Å²) in [7, 11) is 1.65. The third-order valence-electron chi connectivity index (χ3n) is 1.93. The van der Waals surface area contributed by atoms with Crippen LogP contribution in [0.25, 0.3) is 0 Å². The van der Waals surface area contributed by atoms with Crippen molar-refractivity contribution in [1.82, 2.24) is 0 Å². The first-order valence-corrected chi connectivity index (χ1v) is 6.25. The van der Waals surface area contributed by atoms with E-state index in [4.69, 9.17) is 9.47 Å². The van der Waals surface area contributed by atoms with E-state index in [1.165, 1.54) is 0 Å². The van der Waals surface area contributed by atoms with E-state index < -0.39 is 0 Å². The molecule has 84 valence electrons. The van der Waals surface area contributed by atoms with Gasteiger partial charge in [-0.2, -0.15) is 0 Å². The van der Waals surface area contributed by atoms with Crippen LogP contribution in [-0.4, -0.2) is 13.2 Å². The van der Waals surface area contributed by atoms with Gasteiger partial charge in [0, 0.05) is 10.0 Å². The van der Waals surface area contributed by atoms with E-state index in [-0.39, 0.29) is 6.10 Å². The molecule has 4 heteroatoms. The summed E-state index contributed by atoms with van der Waals surface area (Å²) in [6.07, 6.45) is 0.121. The molecule has 0 heterocycles. The van der Waals surface area contributed by atoms with Gasteiger partial charge in [0.2, 0.25) is 0 Å². The number of hydrogen-bond acceptors (Lipinski definition) is 2. The average molecular weight is 338 g/mol. The first-order chi connectivity index (χ1) is 6.97. The summed E-state index contributed by atoms with van der Waals surface area (Å²) in [5.74, 6) is 1.53. The summed E-state index contributed by atoms with van der Waals surface area (Å²) >= 11 is 6.94. The predicted molar refractivity (Wildman–Crippen MR) is 68.9 cm³/mol. The Hall–Kier alpha value is -0.220. The van der Waals surface area contributed by atoms with Crippen LogP contribution in [0.2, 0.25) is 0 Å². The number of methoxy groups -OCH3 is 1. The largest absolute Gasteiger partial charge is 0.492 e. The lowest BCUT2D eigenvalue weighted by molar-refractivity contribution is 0.228. The van der Waals surface area contributed by atoms with Gasteiger partial charge in [0.15, 0.2) is 11.5 Å². The van der Waals surface area contributed by atoms with Crippen LogP contribution in [0.15, 0.2) is 15.0 Å². The minimum absolute atomic E-state index is 0.121. The molecule has 0 aromatic heterocycles. The zero-order valence-electron chi connectivity index (χ0n) is 9.23. The highest BCUT2D eigenvalue weighted by Gasteiger charge is 2.16. The fourth-order valence-electron chi connectivity index (χ4n) is 1.26. The molecule has 0 fully saturated rings. The third-order valence-corrected chi connectivity index (χ3v) is 3.35. The van der Waals surface area contributed by atoms with Crippen LogP contribution in [0.5, 0.6) is 11.5 Å². The first-order valence-electron chi connectivity index (χ1n) is 4.66. The molecule has 0 saturated carbocycles. The molecule has 0 unspecified atom stereocenters. The van der Waals surface area contributed by atoms with Gasteiger partial charge in [-0.3, -0.25) is 0 Å². The standard InChI is InChI=1S/C11H14Br2O2/c1-6(2)15-11-9(13)5-8(12)7(3)10(11)14-4/h5-6H,1-4H3. The maximum atomic E-state index is 5.71. The average Bonchev–Trinajstić information content (AvgIpc) is 2.14. The van der Waals surface area contributed by atoms with Crippen molar-refractivity contribution in [2.75, 3.05) is 7.11 Å². The molecule has 1 aromatic carbocycles. The van der Waals surface area contributed by atoms with Crippen molar-refractivity contribution in [1.29, 1.82) is 0 Å². The van der Waals surface area contributed by atoms with Gasteiger partial charge in [0.05, 0.1) is 17.7 Å². The molecule has 1 aromatic rings. The molecule has 15 heavy (non-hydrogen) atoms. The maximum Gasteiger partial charge on any atom is 0.176 e. The van der Waals surface area contributed by atoms with Crippen LogP contribution in [0.1, 0.15) is 19.4 Å². The molecule has 2 nitrogen and oxygen atoms in total. The fourth-order valence-corrected chi connectivity index (χ4v) is 2.48. The second-order valence-corrected chi connectivity index (χ2v) is 5.20. The highest BCUT2D eigenvalue weighted by atomic mass is 79.9. The van der Waals surface area contributed by atoms with E-state index in [9.17, 15) is 0 Å². The normalized spacial score (nSPS) is 10.6. The van der Waals surface area contributed by atoms with E-state index >= 15 is 0 Å². The molecular weight excluding hydrogens is 324 g/mol. The van der Waals surface area contributed by atoms with Crippen LogP contribution in [0, 0.1) is 6.92 Å². The van der Waals surface area contributed by atoms with Gasteiger partial charge in [0.25, 0.3) is 0 Å². The number of benzene rings is 1. The Kier molecular flexibility index (Phi) is 4.46. The molecule has 0 amide bonds. The number of ether oxygens (including phenoxy) is 2. The topological polar surface area (TPSA) is 18.5 Å². The van der Waals surface area contributed by atoms with Crippen LogP contribution in [0.4, 0.5) is 0 Å². The molecule has 0 bridgehead atoms. The zero-order valence-corrected chi connectivity index (χ0v) is 12.4. The summed E-state index contributed by atoms with van der Waals surface area (Å²) < 4.78 is 13.0. The van der Waals surface area contributed by atoms with Crippen molar-refractivity contribution >= 4 is 31.9 Å². The van der Waals surface area contributed by atoms with E-state index in [1.807, 2.05) is 26.8 Å². The van der Waals surface area contributed by atoms with Crippen molar-refractivity contribution in [3.05, 3.63) is 20.6 Å². The smallest absolute Gasteiger partial charge is 0.176 e. The van der Waals surface area contributed by atoms with Crippen molar-refractivity contribution in [3.8, 4) is 11.5 Å². The summed E-state index contributed by atoms with van der Waals surface area (Å²) in [4.78, 5) is 0. The van der Waals surface area contributed by atoms with Gasteiger partial charge >= 0.3 is 0 Å². The fraction of sp³-hybridized carbons (Fsp3) is 0.455. The summed E-state index contributed by atoms with van der Waals surface area (Å²) in [6.45, 7) is 5.97. The zero-order chi connectivity index (χ0) is 11.6. The SMILES string of the molecule is COc1c(C)c(Br)cc(Br)c1OC(C)C. The molecule has 0 aliphatic carbocycles. The van der Waals surface area contributed by atoms with Crippen LogP contribution in [-0.2, 0) is 0 Å². The van der Waals surface area contributed by atoms with Gasteiger partial charge in [-0.05, 0) is 42.8 Å². The minimum Gasteiger partial charge on any atom is -0.492 e. The van der Waals surface area contributed by atoms with Crippen molar-refractivity contribution < 1.29 is 9.47 Å². The van der Waals surface area contributed by atoms with Crippen molar-refractivity contribution in [2.24, 2.45) is 0 Å². The molecule has 0 atom stereocenters. The predicted octanol–water partition coefficient (Wildman–Crippen LogP) is 4.32. The van der Waals surface area contributed by atoms with Gasteiger partial charge in [0.1, 0.15) is 0 Å². The van der Waals surface area contributed by atoms with E-state index in [0.29, 0.717) is 0 Å². The lowest BCUT2D eigenvalue weighted by Crippen LogP contribution is -2.08. The molecule has 0 aliphatic rings. The minimum atomic E-state index is 0.121. The number of halogens is 2. The Labute approximate surface area is 107 Å². The highest BCUT2D eigenvalue weighted by molar-refractivity contribution is 9.11. The molecule has 0 saturated heterocycles. The Balaban J connectivity index is 3.29. The molecule has 0 N–H and O–H groups in total. The first kappa shape index (κ1) is 12.8. The second-order valence-electron chi connectivity index (χ2n) is 3.49. The maximum absolute atomic E-state index is 5.71. The van der Waals surface area contributed by atoms with Gasteiger partial charge in [-0.1, -0.05) is 15.9 Å². The van der Waals surface area contributed by atoms with Crippen LogP contribution < -0.4 is 9.47 Å². The number of rotatable bonds is 3. The second kappa shape index (κ2) is 5.21. The van der Waals surface area contributed by atoms with Crippen molar-refractivity contribution in [3.63, 3.8) is 0 Å². The van der Waals surface area contributed by atoms with Gasteiger partial charge in [-0.25, -0.2) is 0 Å². The molecule has 0 aliphatic heterocycles. The van der Waals surface area contributed by atoms with E-state index in [1.54, 1.807) is 7.11 Å². The Bertz CT molecular complexity index is 362. The van der Waals surface area contributed by atoms with Crippen LogP contribution >= 0.6 is 31.9 Å². The lowest BCUT2D eigenvalue weighted by Gasteiger charge is -2.17. The molecule has 1 rings (SSSR count). The van der Waals surface area contributed by atoms with E-state index in [0.717, 1.165) is 26.0 Å². The summed E-state index contributed by atoms with van der Waals surface area (Å²) in [5, 5.41) is 0. The van der Waals surface area contributed by atoms with E-state index in [2.05, 4.69) is 31.9 Å².